The van der Waals surface area contributed by atoms with Gasteiger partial charge in [-0.1, -0.05) is 42.0 Å². The van der Waals surface area contributed by atoms with Gasteiger partial charge in [-0.25, -0.2) is 8.42 Å². The summed E-state index contributed by atoms with van der Waals surface area (Å²) in [6, 6.07) is 11.4. The quantitative estimate of drug-likeness (QED) is 0.823. The SMILES string of the molecule is Cc1ccc(C(C)NC(=O)CN(c2c(C)cccc2C)S(C)(=O)=O)c(C)c1. The lowest BCUT2D eigenvalue weighted by Crippen LogP contribution is -2.41. The smallest absolute Gasteiger partial charge is 0.241 e. The van der Waals surface area contributed by atoms with Crippen LogP contribution in [0.25, 0.3) is 0 Å². The van der Waals surface area contributed by atoms with Crippen LogP contribution in [0.1, 0.15) is 40.8 Å². The molecule has 0 fully saturated rings. The Bertz CT molecular complexity index is 932. The number of carbonyl (C=O) groups is 1. The Kier molecular flexibility index (Phi) is 6.31. The maximum Gasteiger partial charge on any atom is 0.241 e. The average Bonchev–Trinajstić information content (AvgIpc) is 2.52. The molecule has 0 spiro atoms. The lowest BCUT2D eigenvalue weighted by molar-refractivity contribution is -0.120. The van der Waals surface area contributed by atoms with Crippen LogP contribution in [0.5, 0.6) is 0 Å². The number of nitrogens with zero attached hydrogens (tertiary/aromatic N) is 1. The highest BCUT2D eigenvalue weighted by Gasteiger charge is 2.24. The highest BCUT2D eigenvalue weighted by molar-refractivity contribution is 7.92. The summed E-state index contributed by atoms with van der Waals surface area (Å²) in [6.45, 7) is 9.37. The standard InChI is InChI=1S/C21H28N2O3S/c1-14-10-11-19(17(4)12-14)18(5)22-20(24)13-23(27(6,25)26)21-15(2)8-7-9-16(21)3/h7-12,18H,13H2,1-6H3,(H,22,24). The number of anilines is 1. The average molecular weight is 389 g/mol. The second-order valence-corrected chi connectivity index (χ2v) is 9.07. The van der Waals surface area contributed by atoms with Gasteiger partial charge in [0.25, 0.3) is 0 Å². The molecular formula is C21H28N2O3S. The van der Waals surface area contributed by atoms with Crippen LogP contribution in [-0.2, 0) is 14.8 Å². The number of carbonyl (C=O) groups excluding carboxylic acids is 1. The summed E-state index contributed by atoms with van der Waals surface area (Å²) in [6.07, 6.45) is 1.12. The third kappa shape index (κ3) is 5.10. The first kappa shape index (κ1) is 21.0. The third-order valence-corrected chi connectivity index (χ3v) is 5.76. The molecule has 0 aliphatic heterocycles. The summed E-state index contributed by atoms with van der Waals surface area (Å²) in [5.41, 5.74) is 5.47. The van der Waals surface area contributed by atoms with E-state index in [1.54, 1.807) is 0 Å². The lowest BCUT2D eigenvalue weighted by Gasteiger charge is -2.26. The molecule has 0 heterocycles. The lowest BCUT2D eigenvalue weighted by atomic mass is 10.0. The molecule has 0 aromatic heterocycles. The second-order valence-electron chi connectivity index (χ2n) is 7.16. The Morgan fingerprint density at radius 1 is 1.04 bits per heavy atom. The van der Waals surface area contributed by atoms with Gasteiger partial charge in [-0.3, -0.25) is 9.10 Å². The molecule has 1 N–H and O–H groups in total. The van der Waals surface area contributed by atoms with E-state index in [0.717, 1.165) is 34.1 Å². The predicted molar refractivity (Wildman–Crippen MR) is 111 cm³/mol. The summed E-state index contributed by atoms with van der Waals surface area (Å²) in [5, 5.41) is 2.92. The summed E-state index contributed by atoms with van der Waals surface area (Å²) in [5.74, 6) is -0.337. The van der Waals surface area contributed by atoms with Gasteiger partial charge in [0.05, 0.1) is 18.0 Å². The summed E-state index contributed by atoms with van der Waals surface area (Å²) in [7, 11) is -3.60. The van der Waals surface area contributed by atoms with Gasteiger partial charge in [-0.2, -0.15) is 0 Å². The Morgan fingerprint density at radius 3 is 2.15 bits per heavy atom. The third-order valence-electron chi connectivity index (χ3n) is 4.65. The molecule has 0 aliphatic carbocycles. The maximum atomic E-state index is 12.6. The van der Waals surface area contributed by atoms with E-state index in [4.69, 9.17) is 0 Å². The highest BCUT2D eigenvalue weighted by atomic mass is 32.2. The summed E-state index contributed by atoms with van der Waals surface area (Å²) >= 11 is 0. The molecule has 2 rings (SSSR count). The molecule has 0 saturated heterocycles. The van der Waals surface area contributed by atoms with Gasteiger partial charge >= 0.3 is 0 Å². The Hall–Kier alpha value is -2.34. The Balaban J connectivity index is 2.24. The Labute approximate surface area is 162 Å². The minimum Gasteiger partial charge on any atom is -0.348 e. The zero-order chi connectivity index (χ0) is 20.4. The molecule has 5 nitrogen and oxygen atoms in total. The van der Waals surface area contributed by atoms with Crippen molar-refractivity contribution in [3.63, 3.8) is 0 Å². The highest BCUT2D eigenvalue weighted by Crippen LogP contribution is 2.26. The van der Waals surface area contributed by atoms with E-state index in [-0.39, 0.29) is 18.5 Å². The van der Waals surface area contributed by atoms with Crippen molar-refractivity contribution in [3.05, 3.63) is 64.2 Å². The van der Waals surface area contributed by atoms with Crippen molar-refractivity contribution in [2.45, 2.75) is 40.7 Å². The molecule has 0 aliphatic rings. The predicted octanol–water partition coefficient (Wildman–Crippen LogP) is 3.56. The monoisotopic (exact) mass is 388 g/mol. The van der Waals surface area contributed by atoms with Crippen LogP contribution in [-0.4, -0.2) is 27.1 Å². The van der Waals surface area contributed by atoms with Crippen molar-refractivity contribution in [1.82, 2.24) is 5.32 Å². The molecule has 1 atom stereocenters. The van der Waals surface area contributed by atoms with Crippen molar-refractivity contribution in [3.8, 4) is 0 Å². The number of nitrogens with one attached hydrogen (secondary N) is 1. The van der Waals surface area contributed by atoms with Crippen molar-refractivity contribution in [2.75, 3.05) is 17.1 Å². The minimum absolute atomic E-state index is 0.211. The number of amides is 1. The van der Waals surface area contributed by atoms with Gasteiger partial charge in [-0.05, 0) is 56.9 Å². The summed E-state index contributed by atoms with van der Waals surface area (Å²) < 4.78 is 25.9. The first-order chi connectivity index (χ1) is 12.5. The number of aryl methyl sites for hydroxylation is 4. The molecule has 2 aromatic rings. The van der Waals surface area contributed by atoms with Crippen molar-refractivity contribution in [2.24, 2.45) is 0 Å². The fraction of sp³-hybridized carbons (Fsp3) is 0.381. The molecule has 1 amide bonds. The molecule has 0 bridgehead atoms. The molecule has 6 heteroatoms. The molecule has 146 valence electrons. The first-order valence-electron chi connectivity index (χ1n) is 8.91. The Morgan fingerprint density at radius 2 is 1.63 bits per heavy atom. The minimum atomic E-state index is -3.60. The first-order valence-corrected chi connectivity index (χ1v) is 10.8. The van der Waals surface area contributed by atoms with Crippen LogP contribution in [0.4, 0.5) is 5.69 Å². The number of hydrogen-bond acceptors (Lipinski definition) is 3. The fourth-order valence-corrected chi connectivity index (χ4v) is 4.34. The van der Waals surface area contributed by atoms with Crippen LogP contribution in [0.2, 0.25) is 0 Å². The van der Waals surface area contributed by atoms with E-state index in [1.807, 2.05) is 65.0 Å². The zero-order valence-electron chi connectivity index (χ0n) is 16.8. The van der Waals surface area contributed by atoms with Crippen LogP contribution in [0.3, 0.4) is 0 Å². The van der Waals surface area contributed by atoms with E-state index in [9.17, 15) is 13.2 Å². The number of sulfonamides is 1. The topological polar surface area (TPSA) is 66.5 Å². The van der Waals surface area contributed by atoms with Crippen LogP contribution >= 0.6 is 0 Å². The molecule has 2 aromatic carbocycles. The van der Waals surface area contributed by atoms with Gasteiger partial charge in [0.2, 0.25) is 15.9 Å². The van der Waals surface area contributed by atoms with E-state index in [1.165, 1.54) is 4.31 Å². The van der Waals surface area contributed by atoms with E-state index in [0.29, 0.717) is 5.69 Å². The van der Waals surface area contributed by atoms with Crippen molar-refractivity contribution >= 4 is 21.6 Å². The number of hydrogen-bond donors (Lipinski definition) is 1. The molecule has 0 saturated carbocycles. The maximum absolute atomic E-state index is 12.6. The van der Waals surface area contributed by atoms with Gasteiger partial charge in [0.15, 0.2) is 0 Å². The van der Waals surface area contributed by atoms with Gasteiger partial charge in [0, 0.05) is 0 Å². The molecular weight excluding hydrogens is 360 g/mol. The van der Waals surface area contributed by atoms with Gasteiger partial charge < -0.3 is 5.32 Å². The summed E-state index contributed by atoms with van der Waals surface area (Å²) in [4.78, 5) is 12.6. The molecule has 1 unspecified atom stereocenters. The van der Waals surface area contributed by atoms with Gasteiger partial charge in [-0.15, -0.1) is 0 Å². The van der Waals surface area contributed by atoms with Crippen LogP contribution in [0.15, 0.2) is 36.4 Å². The molecule has 27 heavy (non-hydrogen) atoms. The normalized spacial score (nSPS) is 12.5. The van der Waals surface area contributed by atoms with Gasteiger partial charge in [0.1, 0.15) is 6.54 Å². The second kappa shape index (κ2) is 8.13. The van der Waals surface area contributed by atoms with E-state index in [2.05, 4.69) is 11.4 Å². The van der Waals surface area contributed by atoms with E-state index < -0.39 is 10.0 Å². The van der Waals surface area contributed by atoms with Crippen molar-refractivity contribution < 1.29 is 13.2 Å². The molecule has 0 radical (unpaired) electrons. The number of benzene rings is 2. The fourth-order valence-electron chi connectivity index (χ4n) is 3.37. The van der Waals surface area contributed by atoms with Crippen LogP contribution in [0, 0.1) is 27.7 Å². The van der Waals surface area contributed by atoms with Crippen molar-refractivity contribution in [1.29, 1.82) is 0 Å². The largest absolute Gasteiger partial charge is 0.348 e. The van der Waals surface area contributed by atoms with Crippen LogP contribution < -0.4 is 9.62 Å². The number of rotatable bonds is 6. The zero-order valence-corrected chi connectivity index (χ0v) is 17.6. The number of para-hydroxylation sites is 1. The van der Waals surface area contributed by atoms with E-state index >= 15 is 0 Å².